The van der Waals surface area contributed by atoms with Crippen molar-refractivity contribution in [3.05, 3.63) is 6.92 Å². The van der Waals surface area contributed by atoms with E-state index in [9.17, 15) is 4.79 Å². The van der Waals surface area contributed by atoms with Gasteiger partial charge in [0.1, 0.15) is 5.72 Å². The number of carbonyl (C=O) groups excluding carboxylic acids is 1. The number of ether oxygens (including phenoxy) is 2. The quantitative estimate of drug-likeness (QED) is 0.467. The van der Waals surface area contributed by atoms with Crippen molar-refractivity contribution in [2.24, 2.45) is 5.73 Å². The van der Waals surface area contributed by atoms with E-state index >= 15 is 0 Å². The lowest BCUT2D eigenvalue weighted by Gasteiger charge is -2.21. The van der Waals surface area contributed by atoms with Gasteiger partial charge in [0, 0.05) is 20.0 Å². The number of hydrogen-bond donors (Lipinski definition) is 1. The molecule has 1 unspecified atom stereocenters. The van der Waals surface area contributed by atoms with Crippen LogP contribution in [0.25, 0.3) is 0 Å². The molecular weight excluding hydrogens is 146 g/mol. The van der Waals surface area contributed by atoms with Crippen molar-refractivity contribution in [3.63, 3.8) is 0 Å². The van der Waals surface area contributed by atoms with Crippen molar-refractivity contribution >= 4 is 5.97 Å². The van der Waals surface area contributed by atoms with Crippen LogP contribution in [0.5, 0.6) is 0 Å². The molecule has 0 aliphatic heterocycles. The minimum atomic E-state index is -0.978. The van der Waals surface area contributed by atoms with Crippen molar-refractivity contribution in [1.82, 2.24) is 0 Å². The van der Waals surface area contributed by atoms with Crippen LogP contribution in [0.1, 0.15) is 12.8 Å². The molecule has 0 aromatic heterocycles. The highest BCUT2D eigenvalue weighted by Crippen LogP contribution is 2.08. The van der Waals surface area contributed by atoms with Crippen LogP contribution in [0.4, 0.5) is 0 Å². The third kappa shape index (κ3) is 4.75. The molecule has 0 saturated carbocycles. The smallest absolute Gasteiger partial charge is 0.305 e. The topological polar surface area (TPSA) is 61.6 Å². The predicted octanol–water partition coefficient (Wildman–Crippen LogP) is 0.0751. The molecule has 0 aromatic rings. The highest BCUT2D eigenvalue weighted by molar-refractivity contribution is 5.69. The second-order valence-electron chi connectivity index (χ2n) is 2.35. The predicted molar refractivity (Wildman–Crippen MR) is 40.5 cm³/mol. The first-order valence-corrected chi connectivity index (χ1v) is 3.28. The Morgan fingerprint density at radius 3 is 2.55 bits per heavy atom. The fourth-order valence-corrected chi connectivity index (χ4v) is 0.518. The van der Waals surface area contributed by atoms with Crippen LogP contribution in [0, 0.1) is 6.92 Å². The van der Waals surface area contributed by atoms with E-state index in [0.717, 1.165) is 0 Å². The first-order valence-electron chi connectivity index (χ1n) is 3.28. The van der Waals surface area contributed by atoms with Gasteiger partial charge in [0.15, 0.2) is 0 Å². The molecule has 1 atom stereocenters. The van der Waals surface area contributed by atoms with Crippen molar-refractivity contribution in [1.29, 1.82) is 0 Å². The Balaban J connectivity index is 3.61. The molecule has 0 aliphatic carbocycles. The molecule has 0 bridgehead atoms. The molecule has 0 spiro atoms. The molecule has 0 fully saturated rings. The molecular formula is C7H14NO3. The molecule has 11 heavy (non-hydrogen) atoms. The number of hydrogen-bond acceptors (Lipinski definition) is 4. The largest absolute Gasteiger partial charge is 0.469 e. The molecule has 0 saturated heterocycles. The van der Waals surface area contributed by atoms with Gasteiger partial charge >= 0.3 is 5.97 Å². The van der Waals surface area contributed by atoms with E-state index in [4.69, 9.17) is 10.5 Å². The van der Waals surface area contributed by atoms with Gasteiger partial charge in [-0.1, -0.05) is 0 Å². The number of methoxy groups -OCH3 is 2. The van der Waals surface area contributed by atoms with E-state index in [1.165, 1.54) is 14.2 Å². The van der Waals surface area contributed by atoms with E-state index in [2.05, 4.69) is 11.7 Å². The second kappa shape index (κ2) is 4.31. The van der Waals surface area contributed by atoms with E-state index in [1.54, 1.807) is 0 Å². The molecule has 4 nitrogen and oxygen atoms in total. The zero-order valence-electron chi connectivity index (χ0n) is 6.92. The SMILES string of the molecule is [CH2]C(N)(CCC(=O)OC)OC. The number of carbonyl (C=O) groups is 1. The summed E-state index contributed by atoms with van der Waals surface area (Å²) < 4.78 is 9.20. The van der Waals surface area contributed by atoms with Crippen LogP contribution in [-0.4, -0.2) is 25.9 Å². The van der Waals surface area contributed by atoms with E-state index in [0.29, 0.717) is 6.42 Å². The summed E-state index contributed by atoms with van der Waals surface area (Å²) in [6.45, 7) is 3.54. The number of esters is 1. The summed E-state index contributed by atoms with van der Waals surface area (Å²) in [4.78, 5) is 10.6. The molecule has 0 aromatic carbocycles. The third-order valence-corrected chi connectivity index (χ3v) is 1.39. The van der Waals surface area contributed by atoms with Crippen LogP contribution in [0.15, 0.2) is 0 Å². The maximum Gasteiger partial charge on any atom is 0.305 e. The summed E-state index contributed by atoms with van der Waals surface area (Å²) in [6.07, 6.45) is 0.584. The summed E-state index contributed by atoms with van der Waals surface area (Å²) in [6, 6.07) is 0. The average molecular weight is 160 g/mol. The summed E-state index contributed by atoms with van der Waals surface area (Å²) in [5.74, 6) is -0.305. The lowest BCUT2D eigenvalue weighted by atomic mass is 10.1. The molecule has 0 aliphatic rings. The maximum atomic E-state index is 10.6. The molecule has 0 amide bonds. The number of nitrogens with two attached hydrogens (primary N) is 1. The van der Waals surface area contributed by atoms with Gasteiger partial charge in [-0.2, -0.15) is 0 Å². The Morgan fingerprint density at radius 1 is 1.64 bits per heavy atom. The number of rotatable bonds is 4. The monoisotopic (exact) mass is 160 g/mol. The zero-order valence-corrected chi connectivity index (χ0v) is 6.92. The highest BCUT2D eigenvalue weighted by atomic mass is 16.5. The van der Waals surface area contributed by atoms with Gasteiger partial charge in [0.25, 0.3) is 0 Å². The van der Waals surface area contributed by atoms with Crippen molar-refractivity contribution < 1.29 is 14.3 Å². The van der Waals surface area contributed by atoms with Crippen LogP contribution in [0.3, 0.4) is 0 Å². The maximum absolute atomic E-state index is 10.6. The molecule has 0 rings (SSSR count). The average Bonchev–Trinajstić information content (AvgIpc) is 2.00. The van der Waals surface area contributed by atoms with Gasteiger partial charge in [-0.15, -0.1) is 0 Å². The van der Waals surface area contributed by atoms with Gasteiger partial charge in [-0.05, 0) is 6.92 Å². The van der Waals surface area contributed by atoms with Gasteiger partial charge in [-0.25, -0.2) is 0 Å². The Labute approximate surface area is 66.7 Å². The molecule has 1 radical (unpaired) electrons. The minimum Gasteiger partial charge on any atom is -0.469 e. The lowest BCUT2D eigenvalue weighted by molar-refractivity contribution is -0.141. The first kappa shape index (κ1) is 10.4. The highest BCUT2D eigenvalue weighted by Gasteiger charge is 2.18. The first-order chi connectivity index (χ1) is 5.02. The van der Waals surface area contributed by atoms with Gasteiger partial charge in [0.05, 0.1) is 7.11 Å². The normalized spacial score (nSPS) is 15.6. The van der Waals surface area contributed by atoms with Crippen molar-refractivity contribution in [3.8, 4) is 0 Å². The Morgan fingerprint density at radius 2 is 2.18 bits per heavy atom. The minimum absolute atomic E-state index is 0.227. The van der Waals surface area contributed by atoms with Crippen LogP contribution < -0.4 is 5.73 Å². The second-order valence-corrected chi connectivity index (χ2v) is 2.35. The molecule has 65 valence electrons. The van der Waals surface area contributed by atoms with Gasteiger partial charge in [0.2, 0.25) is 0 Å². The third-order valence-electron chi connectivity index (χ3n) is 1.39. The fraction of sp³-hybridized carbons (Fsp3) is 0.714. The molecule has 4 heteroatoms. The lowest BCUT2D eigenvalue weighted by Crippen LogP contribution is -2.39. The zero-order chi connectivity index (χ0) is 8.91. The Hall–Kier alpha value is -0.610. The van der Waals surface area contributed by atoms with Gasteiger partial charge in [-0.3, -0.25) is 4.79 Å². The molecule has 2 N–H and O–H groups in total. The Kier molecular flexibility index (Phi) is 4.07. The fourth-order valence-electron chi connectivity index (χ4n) is 0.518. The Bertz CT molecular complexity index is 134. The molecule has 0 heterocycles. The van der Waals surface area contributed by atoms with Gasteiger partial charge < -0.3 is 15.2 Å². The van der Waals surface area contributed by atoms with Crippen LogP contribution in [-0.2, 0) is 14.3 Å². The summed E-state index contributed by atoms with van der Waals surface area (Å²) in [5.41, 5.74) is 4.50. The summed E-state index contributed by atoms with van der Waals surface area (Å²) >= 11 is 0. The standard InChI is InChI=1S/C7H14NO3/c1-7(8,11-3)5-4-6(9)10-2/h1,4-5,8H2,2-3H3. The van der Waals surface area contributed by atoms with E-state index < -0.39 is 5.72 Å². The van der Waals surface area contributed by atoms with E-state index in [1.807, 2.05) is 0 Å². The van der Waals surface area contributed by atoms with Crippen LogP contribution >= 0.6 is 0 Å². The van der Waals surface area contributed by atoms with Crippen LogP contribution in [0.2, 0.25) is 0 Å². The van der Waals surface area contributed by atoms with Crippen molar-refractivity contribution in [2.75, 3.05) is 14.2 Å². The summed E-state index contributed by atoms with van der Waals surface area (Å²) in [7, 11) is 2.78. The summed E-state index contributed by atoms with van der Waals surface area (Å²) in [5, 5.41) is 0. The van der Waals surface area contributed by atoms with E-state index in [-0.39, 0.29) is 12.4 Å². The van der Waals surface area contributed by atoms with Crippen molar-refractivity contribution in [2.45, 2.75) is 18.6 Å².